The number of carbonyl (C=O) groups excluding carboxylic acids is 1. The fraction of sp³-hybridized carbons (Fsp3) is 0.348. The maximum Gasteiger partial charge on any atom is 0.246 e. The number of hydrogen-bond acceptors (Lipinski definition) is 7. The normalized spacial score (nSPS) is 16.4. The Morgan fingerprint density at radius 3 is 2.58 bits per heavy atom. The molecule has 176 valence electrons. The van der Waals surface area contributed by atoms with Crippen LogP contribution in [0.15, 0.2) is 47.4 Å². The predicted octanol–water partition coefficient (Wildman–Crippen LogP) is 1.69. The van der Waals surface area contributed by atoms with Gasteiger partial charge in [-0.15, -0.1) is 0 Å². The van der Waals surface area contributed by atoms with E-state index in [1.807, 2.05) is 18.2 Å². The van der Waals surface area contributed by atoms with Crippen molar-refractivity contribution in [3.63, 3.8) is 0 Å². The van der Waals surface area contributed by atoms with E-state index in [4.69, 9.17) is 14.2 Å². The molecule has 4 rings (SSSR count). The highest BCUT2D eigenvalue weighted by atomic mass is 32.2. The van der Waals surface area contributed by atoms with E-state index in [2.05, 4.69) is 9.62 Å². The Kier molecular flexibility index (Phi) is 6.87. The molecule has 0 saturated carbocycles. The van der Waals surface area contributed by atoms with Gasteiger partial charge in [-0.25, -0.2) is 13.1 Å². The lowest BCUT2D eigenvalue weighted by Crippen LogP contribution is -2.47. The second kappa shape index (κ2) is 9.82. The number of rotatable bonds is 7. The summed E-state index contributed by atoms with van der Waals surface area (Å²) in [6.45, 7) is 3.81. The summed E-state index contributed by atoms with van der Waals surface area (Å²) in [7, 11) is -0.930. The molecule has 0 aromatic heterocycles. The highest BCUT2D eigenvalue weighted by Crippen LogP contribution is 2.33. The molecule has 0 aliphatic carbocycles. The van der Waals surface area contributed by atoms with Crippen LogP contribution < -0.4 is 18.9 Å². The number of nitrogens with zero attached hydrogens (tertiary/aromatic N) is 2. The minimum absolute atomic E-state index is 0.0271. The van der Waals surface area contributed by atoms with E-state index in [0.29, 0.717) is 18.7 Å². The fourth-order valence-electron chi connectivity index (χ4n) is 3.81. The third-order valence-corrected chi connectivity index (χ3v) is 7.13. The highest BCUT2D eigenvalue weighted by Gasteiger charge is 2.21. The van der Waals surface area contributed by atoms with Gasteiger partial charge >= 0.3 is 0 Å². The van der Waals surface area contributed by atoms with Crippen molar-refractivity contribution >= 4 is 22.0 Å². The van der Waals surface area contributed by atoms with Gasteiger partial charge in [0.05, 0.1) is 7.11 Å². The third kappa shape index (κ3) is 5.29. The number of piperazine rings is 1. The number of methoxy groups -OCH3 is 1. The number of carbonyl (C=O) groups is 1. The standard InChI is InChI=1S/C23H27N3O6S/c1-24-33(28,29)22-14-17(3-7-20(22)30-2)5-8-23(27)26-11-9-25(10-12-26)15-18-4-6-19-21(13-18)32-16-31-19/h3-8,13-14,24H,9-12,15-16H2,1-2H3. The Morgan fingerprint density at radius 2 is 1.85 bits per heavy atom. The Morgan fingerprint density at radius 1 is 1.09 bits per heavy atom. The van der Waals surface area contributed by atoms with Gasteiger partial charge in [0.25, 0.3) is 0 Å². The summed E-state index contributed by atoms with van der Waals surface area (Å²) < 4.78 is 42.7. The van der Waals surface area contributed by atoms with Gasteiger partial charge in [-0.05, 0) is 48.5 Å². The average molecular weight is 474 g/mol. The molecule has 0 unspecified atom stereocenters. The van der Waals surface area contributed by atoms with Crippen molar-refractivity contribution in [2.75, 3.05) is 47.1 Å². The molecule has 2 aliphatic heterocycles. The first-order valence-electron chi connectivity index (χ1n) is 10.6. The molecule has 33 heavy (non-hydrogen) atoms. The summed E-state index contributed by atoms with van der Waals surface area (Å²) in [6, 6.07) is 10.7. The van der Waals surface area contributed by atoms with Crippen molar-refractivity contribution in [2.24, 2.45) is 0 Å². The molecule has 0 atom stereocenters. The molecular weight excluding hydrogens is 446 g/mol. The van der Waals surface area contributed by atoms with E-state index in [0.717, 1.165) is 36.7 Å². The van der Waals surface area contributed by atoms with Gasteiger partial charge in [0.15, 0.2) is 11.5 Å². The van der Waals surface area contributed by atoms with Crippen LogP contribution in [0.3, 0.4) is 0 Å². The second-order valence-electron chi connectivity index (χ2n) is 7.74. The van der Waals surface area contributed by atoms with Crippen molar-refractivity contribution in [1.29, 1.82) is 0 Å². The van der Waals surface area contributed by atoms with E-state index in [-0.39, 0.29) is 23.3 Å². The molecule has 1 fully saturated rings. The van der Waals surface area contributed by atoms with Crippen LogP contribution in [0.25, 0.3) is 6.08 Å². The molecule has 0 spiro atoms. The Hall–Kier alpha value is -3.08. The molecule has 1 saturated heterocycles. The van der Waals surface area contributed by atoms with E-state index < -0.39 is 10.0 Å². The van der Waals surface area contributed by atoms with Crippen LogP contribution >= 0.6 is 0 Å². The number of sulfonamides is 1. The van der Waals surface area contributed by atoms with Crippen molar-refractivity contribution in [1.82, 2.24) is 14.5 Å². The minimum Gasteiger partial charge on any atom is -0.495 e. The molecule has 0 bridgehead atoms. The van der Waals surface area contributed by atoms with Crippen LogP contribution in [0.5, 0.6) is 17.2 Å². The molecule has 2 aliphatic rings. The van der Waals surface area contributed by atoms with Gasteiger partial charge < -0.3 is 19.1 Å². The first kappa shape index (κ1) is 23.1. The number of ether oxygens (including phenoxy) is 3. The minimum atomic E-state index is -3.68. The molecule has 9 nitrogen and oxygen atoms in total. The van der Waals surface area contributed by atoms with Crippen LogP contribution in [0.4, 0.5) is 0 Å². The van der Waals surface area contributed by atoms with Gasteiger partial charge in [0, 0.05) is 38.8 Å². The van der Waals surface area contributed by atoms with E-state index in [1.165, 1.54) is 26.3 Å². The van der Waals surface area contributed by atoms with E-state index in [1.54, 1.807) is 23.1 Å². The lowest BCUT2D eigenvalue weighted by molar-refractivity contribution is -0.127. The first-order chi connectivity index (χ1) is 15.9. The van der Waals surface area contributed by atoms with Gasteiger partial charge in [-0.3, -0.25) is 9.69 Å². The molecule has 2 aromatic rings. The number of amides is 1. The Bertz CT molecular complexity index is 1160. The number of nitrogens with one attached hydrogen (secondary N) is 1. The summed E-state index contributed by atoms with van der Waals surface area (Å²) in [5.74, 6) is 1.68. The number of fused-ring (bicyclic) bond motifs is 1. The van der Waals surface area contributed by atoms with Crippen LogP contribution in [-0.2, 0) is 21.4 Å². The summed E-state index contributed by atoms with van der Waals surface area (Å²) >= 11 is 0. The topological polar surface area (TPSA) is 97.4 Å². The molecular formula is C23H27N3O6S. The van der Waals surface area contributed by atoms with Crippen molar-refractivity contribution in [3.05, 3.63) is 53.6 Å². The quantitative estimate of drug-likeness (QED) is 0.611. The predicted molar refractivity (Wildman–Crippen MR) is 123 cm³/mol. The third-order valence-electron chi connectivity index (χ3n) is 5.69. The molecule has 10 heteroatoms. The van der Waals surface area contributed by atoms with Crippen LogP contribution in [-0.4, -0.2) is 71.3 Å². The zero-order chi connectivity index (χ0) is 23.4. The van der Waals surface area contributed by atoms with Crippen molar-refractivity contribution < 1.29 is 27.4 Å². The first-order valence-corrected chi connectivity index (χ1v) is 12.1. The van der Waals surface area contributed by atoms with Gasteiger partial charge in [0.1, 0.15) is 10.6 Å². The Balaban J connectivity index is 1.34. The zero-order valence-corrected chi connectivity index (χ0v) is 19.4. The molecule has 1 amide bonds. The average Bonchev–Trinajstić information content (AvgIpc) is 3.31. The van der Waals surface area contributed by atoms with Crippen LogP contribution in [0, 0.1) is 0 Å². The summed E-state index contributed by atoms with van der Waals surface area (Å²) in [5.41, 5.74) is 1.74. The van der Waals surface area contributed by atoms with Crippen LogP contribution in [0.1, 0.15) is 11.1 Å². The summed E-state index contributed by atoms with van der Waals surface area (Å²) in [4.78, 5) is 16.8. The molecule has 2 heterocycles. The monoisotopic (exact) mass is 473 g/mol. The van der Waals surface area contributed by atoms with E-state index in [9.17, 15) is 13.2 Å². The lowest BCUT2D eigenvalue weighted by Gasteiger charge is -2.34. The fourth-order valence-corrected chi connectivity index (χ4v) is 4.74. The number of benzene rings is 2. The smallest absolute Gasteiger partial charge is 0.246 e. The molecule has 2 aromatic carbocycles. The second-order valence-corrected chi connectivity index (χ2v) is 9.60. The van der Waals surface area contributed by atoms with Gasteiger partial charge in [-0.1, -0.05) is 12.1 Å². The van der Waals surface area contributed by atoms with Crippen LogP contribution in [0.2, 0.25) is 0 Å². The van der Waals surface area contributed by atoms with E-state index >= 15 is 0 Å². The van der Waals surface area contributed by atoms with Gasteiger partial charge in [-0.2, -0.15) is 0 Å². The molecule has 1 N–H and O–H groups in total. The number of hydrogen-bond donors (Lipinski definition) is 1. The Labute approximate surface area is 193 Å². The largest absolute Gasteiger partial charge is 0.495 e. The lowest BCUT2D eigenvalue weighted by atomic mass is 10.1. The zero-order valence-electron chi connectivity index (χ0n) is 18.6. The van der Waals surface area contributed by atoms with Gasteiger partial charge in [0.2, 0.25) is 22.7 Å². The summed E-state index contributed by atoms with van der Waals surface area (Å²) in [6.07, 6.45) is 3.10. The van der Waals surface area contributed by atoms with Crippen molar-refractivity contribution in [3.8, 4) is 17.2 Å². The summed E-state index contributed by atoms with van der Waals surface area (Å²) in [5, 5.41) is 0. The maximum absolute atomic E-state index is 12.7. The molecule has 0 radical (unpaired) electrons. The maximum atomic E-state index is 12.7. The highest BCUT2D eigenvalue weighted by molar-refractivity contribution is 7.89. The van der Waals surface area contributed by atoms with Crippen molar-refractivity contribution in [2.45, 2.75) is 11.4 Å². The SMILES string of the molecule is CNS(=O)(=O)c1cc(C=CC(=O)N2CCN(Cc3ccc4c(c3)OCO4)CC2)ccc1OC.